The van der Waals surface area contributed by atoms with Gasteiger partial charge in [0.25, 0.3) is 0 Å². The lowest BCUT2D eigenvalue weighted by Gasteiger charge is -2.22. The number of aromatic nitrogens is 1. The lowest BCUT2D eigenvalue weighted by atomic mass is 10.2. The molecule has 17 heavy (non-hydrogen) atoms. The quantitative estimate of drug-likeness (QED) is 0.901. The molecule has 1 aromatic rings. The highest BCUT2D eigenvalue weighted by molar-refractivity contribution is 9.10. The summed E-state index contributed by atoms with van der Waals surface area (Å²) in [4.78, 5) is 4.02. The molecule has 0 radical (unpaired) electrons. The van der Waals surface area contributed by atoms with Crippen molar-refractivity contribution in [1.82, 2.24) is 9.29 Å². The largest absolute Gasteiger partial charge is 0.395 e. The van der Waals surface area contributed by atoms with Gasteiger partial charge in [-0.3, -0.25) is 4.98 Å². The first-order valence-electron chi connectivity index (χ1n) is 5.29. The number of nitrogens with zero attached hydrogens (tertiary/aromatic N) is 2. The lowest BCUT2D eigenvalue weighted by molar-refractivity contribution is 0.213. The van der Waals surface area contributed by atoms with Gasteiger partial charge < -0.3 is 5.11 Å². The van der Waals surface area contributed by atoms with Crippen LogP contribution in [0.5, 0.6) is 0 Å². The molecule has 5 nitrogen and oxygen atoms in total. The van der Waals surface area contributed by atoms with Crippen LogP contribution in [-0.4, -0.2) is 42.0 Å². The molecule has 0 aromatic carbocycles. The highest BCUT2D eigenvalue weighted by Crippen LogP contribution is 2.26. The summed E-state index contributed by atoms with van der Waals surface area (Å²) in [5.74, 6) is 0. The third kappa shape index (κ3) is 2.52. The van der Waals surface area contributed by atoms with Gasteiger partial charge >= 0.3 is 0 Å². The number of aliphatic hydroxyl groups is 1. The molecule has 2 heterocycles. The Balaban J connectivity index is 2.36. The molecule has 1 aliphatic heterocycles. The number of halogens is 1. The van der Waals surface area contributed by atoms with E-state index < -0.39 is 10.0 Å². The van der Waals surface area contributed by atoms with E-state index >= 15 is 0 Å². The van der Waals surface area contributed by atoms with Crippen molar-refractivity contribution in [2.75, 3.05) is 13.2 Å². The Morgan fingerprint density at radius 3 is 2.94 bits per heavy atom. The maximum atomic E-state index is 12.3. The molecule has 0 aliphatic carbocycles. The summed E-state index contributed by atoms with van der Waals surface area (Å²) in [5.41, 5.74) is 0. The van der Waals surface area contributed by atoms with Crippen molar-refractivity contribution in [2.45, 2.75) is 23.8 Å². The van der Waals surface area contributed by atoms with Crippen LogP contribution in [0.4, 0.5) is 0 Å². The summed E-state index contributed by atoms with van der Waals surface area (Å²) in [5, 5.41) is 9.17. The molecule has 7 heteroatoms. The summed E-state index contributed by atoms with van der Waals surface area (Å²) in [6.45, 7) is 0.320. The summed E-state index contributed by atoms with van der Waals surface area (Å²) >= 11 is 3.20. The van der Waals surface area contributed by atoms with E-state index in [1.54, 1.807) is 0 Å². The molecule has 0 saturated carbocycles. The molecule has 2 rings (SSSR count). The number of rotatable bonds is 3. The fourth-order valence-electron chi connectivity index (χ4n) is 1.98. The molecule has 0 amide bonds. The minimum Gasteiger partial charge on any atom is -0.395 e. The van der Waals surface area contributed by atoms with Crippen LogP contribution in [-0.2, 0) is 10.0 Å². The number of hydrogen-bond donors (Lipinski definition) is 1. The zero-order chi connectivity index (χ0) is 12.5. The Kier molecular flexibility index (Phi) is 3.82. The number of hydrogen-bond acceptors (Lipinski definition) is 4. The Morgan fingerprint density at radius 2 is 2.29 bits per heavy atom. The van der Waals surface area contributed by atoms with Crippen molar-refractivity contribution in [2.24, 2.45) is 0 Å². The topological polar surface area (TPSA) is 70.5 Å². The standard InChI is InChI=1S/C10H13BrN2O3S/c11-8-4-10(6-12-5-8)17(15,16)13-3-1-2-9(13)7-14/h4-6,9,14H,1-3,7H2/t9-/m0/s1. The van der Waals surface area contributed by atoms with E-state index in [0.29, 0.717) is 17.4 Å². The van der Waals surface area contributed by atoms with Crippen LogP contribution in [0.3, 0.4) is 0 Å². The molecule has 1 fully saturated rings. The fraction of sp³-hybridized carbons (Fsp3) is 0.500. The highest BCUT2D eigenvalue weighted by Gasteiger charge is 2.34. The average molecular weight is 321 g/mol. The molecule has 94 valence electrons. The molecule has 1 atom stereocenters. The van der Waals surface area contributed by atoms with Crippen LogP contribution in [0.25, 0.3) is 0 Å². The van der Waals surface area contributed by atoms with E-state index in [2.05, 4.69) is 20.9 Å². The Hall–Kier alpha value is -0.500. The van der Waals surface area contributed by atoms with Crippen molar-refractivity contribution in [3.05, 3.63) is 22.9 Å². The van der Waals surface area contributed by atoms with Gasteiger partial charge in [-0.1, -0.05) is 0 Å². The SMILES string of the molecule is O=S(=O)(c1cncc(Br)c1)N1CCC[C@H]1CO. The number of sulfonamides is 1. The zero-order valence-electron chi connectivity index (χ0n) is 9.08. The molecular weight excluding hydrogens is 308 g/mol. The lowest BCUT2D eigenvalue weighted by Crippen LogP contribution is -2.37. The maximum Gasteiger partial charge on any atom is 0.244 e. The van der Waals surface area contributed by atoms with Gasteiger partial charge in [0.05, 0.1) is 6.61 Å². The molecule has 0 bridgehead atoms. The minimum atomic E-state index is -3.54. The highest BCUT2D eigenvalue weighted by atomic mass is 79.9. The summed E-state index contributed by atoms with van der Waals surface area (Å²) in [7, 11) is -3.54. The van der Waals surface area contributed by atoms with Crippen LogP contribution in [0.15, 0.2) is 27.8 Å². The van der Waals surface area contributed by atoms with Gasteiger partial charge in [0, 0.05) is 29.5 Å². The first-order valence-corrected chi connectivity index (χ1v) is 7.52. The molecule has 1 N–H and O–H groups in total. The van der Waals surface area contributed by atoms with E-state index in [-0.39, 0.29) is 17.5 Å². The van der Waals surface area contributed by atoms with Crippen molar-refractivity contribution < 1.29 is 13.5 Å². The van der Waals surface area contributed by atoms with E-state index in [9.17, 15) is 13.5 Å². The van der Waals surface area contributed by atoms with Gasteiger partial charge in [-0.2, -0.15) is 4.31 Å². The second-order valence-corrected chi connectivity index (χ2v) is 6.74. The Morgan fingerprint density at radius 1 is 1.53 bits per heavy atom. The molecule has 0 unspecified atom stereocenters. The molecule has 0 spiro atoms. The molecule has 1 saturated heterocycles. The van der Waals surface area contributed by atoms with Gasteiger partial charge in [-0.25, -0.2) is 8.42 Å². The van der Waals surface area contributed by atoms with Crippen molar-refractivity contribution in [3.8, 4) is 0 Å². The van der Waals surface area contributed by atoms with E-state index in [4.69, 9.17) is 0 Å². The Bertz CT molecular complexity index is 506. The second-order valence-electron chi connectivity index (χ2n) is 3.93. The normalized spacial score (nSPS) is 21.9. The van der Waals surface area contributed by atoms with Crippen LogP contribution in [0, 0.1) is 0 Å². The molecule has 1 aliphatic rings. The third-order valence-corrected chi connectivity index (χ3v) is 5.17. The second kappa shape index (κ2) is 5.01. The predicted octanol–water partition coefficient (Wildman–Crippen LogP) is 0.990. The maximum absolute atomic E-state index is 12.3. The number of pyridine rings is 1. The van der Waals surface area contributed by atoms with Crippen LogP contribution < -0.4 is 0 Å². The van der Waals surface area contributed by atoms with Gasteiger partial charge in [-0.05, 0) is 34.8 Å². The predicted molar refractivity (Wildman–Crippen MR) is 65.9 cm³/mol. The monoisotopic (exact) mass is 320 g/mol. The van der Waals surface area contributed by atoms with Crippen molar-refractivity contribution in [3.63, 3.8) is 0 Å². The first-order chi connectivity index (χ1) is 8.05. The molecular formula is C10H13BrN2O3S. The number of aliphatic hydroxyl groups excluding tert-OH is 1. The first kappa shape index (κ1) is 12.9. The summed E-state index contributed by atoms with van der Waals surface area (Å²) < 4.78 is 26.6. The van der Waals surface area contributed by atoms with Crippen LogP contribution in [0.1, 0.15) is 12.8 Å². The zero-order valence-corrected chi connectivity index (χ0v) is 11.5. The summed E-state index contributed by atoms with van der Waals surface area (Å²) in [6.07, 6.45) is 4.35. The fourth-order valence-corrected chi connectivity index (χ4v) is 4.17. The van der Waals surface area contributed by atoms with Crippen molar-refractivity contribution >= 4 is 26.0 Å². The Labute approximate surface area is 109 Å². The van der Waals surface area contributed by atoms with Crippen LogP contribution >= 0.6 is 15.9 Å². The molecule has 1 aromatic heterocycles. The van der Waals surface area contributed by atoms with Crippen LogP contribution in [0.2, 0.25) is 0 Å². The summed E-state index contributed by atoms with van der Waals surface area (Å²) in [6, 6.07) is 1.22. The van der Waals surface area contributed by atoms with Gasteiger partial charge in [-0.15, -0.1) is 0 Å². The average Bonchev–Trinajstić information content (AvgIpc) is 2.77. The third-order valence-electron chi connectivity index (χ3n) is 2.82. The van der Waals surface area contributed by atoms with E-state index in [1.165, 1.54) is 22.8 Å². The van der Waals surface area contributed by atoms with Gasteiger partial charge in [0.2, 0.25) is 10.0 Å². The van der Waals surface area contributed by atoms with Gasteiger partial charge in [0.1, 0.15) is 4.90 Å². The van der Waals surface area contributed by atoms with E-state index in [1.807, 2.05) is 0 Å². The van der Waals surface area contributed by atoms with Crippen molar-refractivity contribution in [1.29, 1.82) is 0 Å². The van der Waals surface area contributed by atoms with E-state index in [0.717, 1.165) is 6.42 Å². The minimum absolute atomic E-state index is 0.138. The smallest absolute Gasteiger partial charge is 0.244 e. The van der Waals surface area contributed by atoms with Gasteiger partial charge in [0.15, 0.2) is 0 Å².